The fraction of sp³-hybridized carbons (Fsp3) is 0.684. The fourth-order valence-electron chi connectivity index (χ4n) is 2.09. The summed E-state index contributed by atoms with van der Waals surface area (Å²) in [7, 11) is 0. The summed E-state index contributed by atoms with van der Waals surface area (Å²) < 4.78 is 0. The first-order valence-corrected chi connectivity index (χ1v) is 8.17. The molecule has 1 aromatic carbocycles. The van der Waals surface area contributed by atoms with Crippen molar-refractivity contribution in [2.75, 3.05) is 0 Å². The SMILES string of the molecule is CC.CCC(C)CCC(C)CCc1ccc(C)cc1. The van der Waals surface area contributed by atoms with Gasteiger partial charge in [0.25, 0.3) is 0 Å². The summed E-state index contributed by atoms with van der Waals surface area (Å²) in [6.07, 6.45) is 6.68. The minimum absolute atomic E-state index is 0.866. The van der Waals surface area contributed by atoms with Crippen LogP contribution >= 0.6 is 0 Å². The molecule has 0 aromatic heterocycles. The van der Waals surface area contributed by atoms with Gasteiger partial charge in [0.05, 0.1) is 0 Å². The number of hydrogen-bond donors (Lipinski definition) is 0. The lowest BCUT2D eigenvalue weighted by Crippen LogP contribution is -2.01. The van der Waals surface area contributed by atoms with E-state index in [0.29, 0.717) is 0 Å². The molecule has 0 spiro atoms. The van der Waals surface area contributed by atoms with E-state index in [4.69, 9.17) is 0 Å². The molecule has 0 bridgehead atoms. The first kappa shape index (κ1) is 18.2. The minimum atomic E-state index is 0.866. The van der Waals surface area contributed by atoms with Gasteiger partial charge in [0.1, 0.15) is 0 Å². The second-order valence-corrected chi connectivity index (χ2v) is 5.72. The third-order valence-corrected chi connectivity index (χ3v) is 3.90. The average molecular weight is 262 g/mol. The van der Waals surface area contributed by atoms with Crippen molar-refractivity contribution < 1.29 is 0 Å². The van der Waals surface area contributed by atoms with Crippen molar-refractivity contribution >= 4 is 0 Å². The van der Waals surface area contributed by atoms with E-state index < -0.39 is 0 Å². The number of aryl methyl sites for hydroxylation is 2. The van der Waals surface area contributed by atoms with Crippen molar-refractivity contribution in [1.29, 1.82) is 0 Å². The number of rotatable bonds is 7. The molecule has 0 aliphatic rings. The molecule has 1 rings (SSSR count). The molecule has 0 aliphatic heterocycles. The van der Waals surface area contributed by atoms with Crippen molar-refractivity contribution in [2.24, 2.45) is 11.8 Å². The summed E-state index contributed by atoms with van der Waals surface area (Å²) in [6.45, 7) is 13.2. The van der Waals surface area contributed by atoms with Gasteiger partial charge in [-0.15, -0.1) is 0 Å². The molecule has 0 amide bonds. The highest BCUT2D eigenvalue weighted by Gasteiger charge is 2.05. The zero-order valence-corrected chi connectivity index (χ0v) is 14.0. The highest BCUT2D eigenvalue weighted by Crippen LogP contribution is 2.19. The Morgan fingerprint density at radius 1 is 0.842 bits per heavy atom. The van der Waals surface area contributed by atoms with Crippen LogP contribution in [0.1, 0.15) is 71.4 Å². The molecule has 0 aliphatic carbocycles. The van der Waals surface area contributed by atoms with E-state index in [1.165, 1.54) is 43.2 Å². The summed E-state index contributed by atoms with van der Waals surface area (Å²) in [6, 6.07) is 8.99. The summed E-state index contributed by atoms with van der Waals surface area (Å²) >= 11 is 0. The molecular formula is C19H34. The molecule has 19 heavy (non-hydrogen) atoms. The molecule has 0 saturated carbocycles. The molecule has 0 radical (unpaired) electrons. The predicted molar refractivity (Wildman–Crippen MR) is 88.7 cm³/mol. The molecule has 0 heterocycles. The van der Waals surface area contributed by atoms with E-state index >= 15 is 0 Å². The molecular weight excluding hydrogens is 228 g/mol. The summed E-state index contributed by atoms with van der Waals surface area (Å²) in [5.41, 5.74) is 2.85. The van der Waals surface area contributed by atoms with Crippen LogP contribution < -0.4 is 0 Å². The molecule has 0 fully saturated rings. The second-order valence-electron chi connectivity index (χ2n) is 5.72. The quantitative estimate of drug-likeness (QED) is 0.532. The van der Waals surface area contributed by atoms with Crippen LogP contribution in [0.5, 0.6) is 0 Å². The standard InChI is InChI=1S/C17H28.C2H6/c1-5-14(2)6-7-15(3)8-11-17-12-9-16(4)10-13-17;1-2/h9-10,12-15H,5-8,11H2,1-4H3;1-2H3. The monoisotopic (exact) mass is 262 g/mol. The van der Waals surface area contributed by atoms with Gasteiger partial charge in [-0.25, -0.2) is 0 Å². The van der Waals surface area contributed by atoms with Gasteiger partial charge in [-0.2, -0.15) is 0 Å². The van der Waals surface area contributed by atoms with Gasteiger partial charge in [-0.05, 0) is 37.2 Å². The number of benzene rings is 1. The van der Waals surface area contributed by atoms with E-state index in [-0.39, 0.29) is 0 Å². The Kier molecular flexibility index (Phi) is 10.6. The first-order valence-electron chi connectivity index (χ1n) is 8.17. The Balaban J connectivity index is 0.00000154. The summed E-state index contributed by atoms with van der Waals surface area (Å²) in [5.74, 6) is 1.77. The zero-order valence-electron chi connectivity index (χ0n) is 14.0. The third kappa shape index (κ3) is 8.86. The van der Waals surface area contributed by atoms with Gasteiger partial charge < -0.3 is 0 Å². The Bertz CT molecular complexity index is 296. The van der Waals surface area contributed by atoms with E-state index in [2.05, 4.69) is 52.0 Å². The normalized spacial score (nSPS) is 13.4. The van der Waals surface area contributed by atoms with Gasteiger partial charge in [0.15, 0.2) is 0 Å². The molecule has 0 heteroatoms. The molecule has 2 unspecified atom stereocenters. The second kappa shape index (κ2) is 11.1. The van der Waals surface area contributed by atoms with Gasteiger partial charge >= 0.3 is 0 Å². The van der Waals surface area contributed by atoms with E-state index in [0.717, 1.165) is 11.8 Å². The molecule has 0 N–H and O–H groups in total. The maximum Gasteiger partial charge on any atom is -0.0276 e. The summed E-state index contributed by atoms with van der Waals surface area (Å²) in [5, 5.41) is 0. The van der Waals surface area contributed by atoms with Crippen molar-refractivity contribution in [3.05, 3.63) is 35.4 Å². The van der Waals surface area contributed by atoms with Crippen molar-refractivity contribution in [2.45, 2.75) is 73.6 Å². The maximum absolute atomic E-state index is 2.40. The lowest BCUT2D eigenvalue weighted by atomic mass is 9.92. The smallest absolute Gasteiger partial charge is 0.0276 e. The largest absolute Gasteiger partial charge is 0.0683 e. The van der Waals surface area contributed by atoms with Crippen LogP contribution in [0.3, 0.4) is 0 Å². The van der Waals surface area contributed by atoms with Crippen LogP contribution in [-0.4, -0.2) is 0 Å². The van der Waals surface area contributed by atoms with E-state index in [1.807, 2.05) is 13.8 Å². The lowest BCUT2D eigenvalue weighted by Gasteiger charge is -2.14. The van der Waals surface area contributed by atoms with Crippen LogP contribution in [0.15, 0.2) is 24.3 Å². The molecule has 0 saturated heterocycles. The molecule has 0 nitrogen and oxygen atoms in total. The van der Waals surface area contributed by atoms with Crippen LogP contribution in [0.25, 0.3) is 0 Å². The summed E-state index contributed by atoms with van der Waals surface area (Å²) in [4.78, 5) is 0. The van der Waals surface area contributed by atoms with Crippen LogP contribution in [-0.2, 0) is 6.42 Å². The maximum atomic E-state index is 2.40. The molecule has 110 valence electrons. The molecule has 1 aromatic rings. The zero-order chi connectivity index (χ0) is 14.7. The van der Waals surface area contributed by atoms with Crippen LogP contribution in [0.2, 0.25) is 0 Å². The fourth-order valence-corrected chi connectivity index (χ4v) is 2.09. The Morgan fingerprint density at radius 2 is 1.37 bits per heavy atom. The topological polar surface area (TPSA) is 0 Å². The first-order chi connectivity index (χ1) is 9.11. The van der Waals surface area contributed by atoms with Crippen molar-refractivity contribution in [1.82, 2.24) is 0 Å². The molecule has 2 atom stereocenters. The van der Waals surface area contributed by atoms with Gasteiger partial charge in [0.2, 0.25) is 0 Å². The van der Waals surface area contributed by atoms with Crippen molar-refractivity contribution in [3.8, 4) is 0 Å². The Labute approximate surface area is 121 Å². The Morgan fingerprint density at radius 3 is 1.89 bits per heavy atom. The van der Waals surface area contributed by atoms with Gasteiger partial charge in [0, 0.05) is 0 Å². The third-order valence-electron chi connectivity index (χ3n) is 3.90. The van der Waals surface area contributed by atoms with Crippen LogP contribution in [0, 0.1) is 18.8 Å². The average Bonchev–Trinajstić information content (AvgIpc) is 2.46. The number of hydrogen-bond acceptors (Lipinski definition) is 0. The minimum Gasteiger partial charge on any atom is -0.0683 e. The van der Waals surface area contributed by atoms with Crippen molar-refractivity contribution in [3.63, 3.8) is 0 Å². The van der Waals surface area contributed by atoms with Gasteiger partial charge in [-0.3, -0.25) is 0 Å². The van der Waals surface area contributed by atoms with E-state index in [1.54, 1.807) is 0 Å². The highest BCUT2D eigenvalue weighted by molar-refractivity contribution is 5.21. The predicted octanol–water partition coefficient (Wildman–Crippen LogP) is 6.42. The highest BCUT2D eigenvalue weighted by atomic mass is 14.1. The lowest BCUT2D eigenvalue weighted by molar-refractivity contribution is 0.406. The van der Waals surface area contributed by atoms with Gasteiger partial charge in [-0.1, -0.05) is 83.7 Å². The Hall–Kier alpha value is -0.780. The van der Waals surface area contributed by atoms with E-state index in [9.17, 15) is 0 Å². The van der Waals surface area contributed by atoms with Crippen LogP contribution in [0.4, 0.5) is 0 Å².